The van der Waals surface area contributed by atoms with Gasteiger partial charge in [-0.3, -0.25) is 0 Å². The van der Waals surface area contributed by atoms with Gasteiger partial charge >= 0.3 is 0 Å². The van der Waals surface area contributed by atoms with E-state index in [0.717, 1.165) is 11.8 Å². The minimum absolute atomic E-state index is 0.748. The molecule has 98 valence electrons. The first-order chi connectivity index (χ1) is 8.83. The summed E-state index contributed by atoms with van der Waals surface area (Å²) in [6.07, 6.45) is 5.84. The fraction of sp³-hybridized carbons (Fsp3) is 0.625. The molecule has 0 saturated heterocycles. The van der Waals surface area contributed by atoms with Crippen molar-refractivity contribution in [3.8, 4) is 0 Å². The number of benzene rings is 1. The molecule has 1 heterocycles. The number of rotatable bonds is 4. The van der Waals surface area contributed by atoms with Crippen LogP contribution in [0.4, 0.5) is 0 Å². The Morgan fingerprint density at radius 1 is 1.17 bits per heavy atom. The molecule has 0 aromatic heterocycles. The maximum atomic E-state index is 2.57. The van der Waals surface area contributed by atoms with E-state index < -0.39 is 0 Å². The van der Waals surface area contributed by atoms with Gasteiger partial charge in [0.05, 0.1) is 0 Å². The third kappa shape index (κ3) is 2.75. The van der Waals surface area contributed by atoms with Crippen LogP contribution in [0.2, 0.25) is 0 Å². The molecule has 1 aromatic carbocycles. The molecular weight excluding hydrogens is 238 g/mol. The molecule has 1 nitrogen and oxygen atoms in total. The van der Waals surface area contributed by atoms with Gasteiger partial charge in [-0.25, -0.2) is 0 Å². The number of fused-ring (bicyclic) bond motifs is 1. The summed E-state index contributed by atoms with van der Waals surface area (Å²) < 4.78 is 0. The first-order valence-corrected chi connectivity index (χ1v) is 8.22. The fourth-order valence-corrected chi connectivity index (χ4v) is 4.71. The highest BCUT2D eigenvalue weighted by atomic mass is 32.2. The summed E-state index contributed by atoms with van der Waals surface area (Å²) in [6.45, 7) is 2.55. The highest BCUT2D eigenvalue weighted by Crippen LogP contribution is 2.39. The van der Waals surface area contributed by atoms with Crippen LogP contribution in [-0.4, -0.2) is 30.8 Å². The molecule has 0 N–H and O–H groups in total. The van der Waals surface area contributed by atoms with E-state index in [1.165, 1.54) is 49.4 Å². The van der Waals surface area contributed by atoms with Crippen molar-refractivity contribution >= 4 is 11.8 Å². The zero-order valence-corrected chi connectivity index (χ0v) is 12.1. The van der Waals surface area contributed by atoms with Gasteiger partial charge in [-0.2, -0.15) is 0 Å². The zero-order chi connectivity index (χ0) is 12.4. The number of thioether (sulfide) groups is 1. The van der Waals surface area contributed by atoms with Crippen LogP contribution in [-0.2, 0) is 0 Å². The van der Waals surface area contributed by atoms with Crippen LogP contribution in [0, 0.1) is 5.92 Å². The van der Waals surface area contributed by atoms with Crippen LogP contribution in [0.1, 0.15) is 37.2 Å². The molecule has 0 spiro atoms. The van der Waals surface area contributed by atoms with Crippen molar-refractivity contribution in [2.75, 3.05) is 25.9 Å². The fourth-order valence-electron chi connectivity index (χ4n) is 3.46. The second kappa shape index (κ2) is 5.66. The van der Waals surface area contributed by atoms with Gasteiger partial charge in [-0.1, -0.05) is 31.0 Å². The molecule has 0 bridgehead atoms. The van der Waals surface area contributed by atoms with E-state index in [0.29, 0.717) is 0 Å². The quantitative estimate of drug-likeness (QED) is 0.806. The Hall–Kier alpha value is -0.470. The Labute approximate surface area is 115 Å². The smallest absolute Gasteiger partial charge is 0.0108 e. The van der Waals surface area contributed by atoms with Crippen molar-refractivity contribution in [1.82, 2.24) is 4.90 Å². The standard InChI is InChI=1S/C16H23NS/c1-17(10-13-6-2-3-7-13)11-14-12-18-16-9-5-4-8-15(14)16/h4-5,8-9,13-14H,2-3,6-7,10-12H2,1H3. The lowest BCUT2D eigenvalue weighted by Crippen LogP contribution is -2.29. The van der Waals surface area contributed by atoms with Crippen LogP contribution in [0.5, 0.6) is 0 Å². The van der Waals surface area contributed by atoms with Crippen molar-refractivity contribution in [2.24, 2.45) is 5.92 Å². The molecule has 3 rings (SSSR count). The summed E-state index contributed by atoms with van der Waals surface area (Å²) in [4.78, 5) is 4.08. The molecule has 1 fully saturated rings. The lowest BCUT2D eigenvalue weighted by atomic mass is 10.00. The van der Waals surface area contributed by atoms with E-state index in [-0.39, 0.29) is 0 Å². The molecule has 1 unspecified atom stereocenters. The Morgan fingerprint density at radius 2 is 1.94 bits per heavy atom. The molecule has 1 atom stereocenters. The predicted molar refractivity (Wildman–Crippen MR) is 79.4 cm³/mol. The molecular formula is C16H23NS. The predicted octanol–water partition coefficient (Wildman–Crippen LogP) is 4.00. The number of nitrogens with zero attached hydrogens (tertiary/aromatic N) is 1. The minimum atomic E-state index is 0.748. The maximum Gasteiger partial charge on any atom is 0.0108 e. The largest absolute Gasteiger partial charge is 0.305 e. The molecule has 0 amide bonds. The number of hydrogen-bond acceptors (Lipinski definition) is 2. The monoisotopic (exact) mass is 261 g/mol. The molecule has 1 aliphatic heterocycles. The maximum absolute atomic E-state index is 2.57. The lowest BCUT2D eigenvalue weighted by molar-refractivity contribution is 0.268. The molecule has 2 aliphatic rings. The van der Waals surface area contributed by atoms with Gasteiger partial charge in [0.2, 0.25) is 0 Å². The van der Waals surface area contributed by atoms with Gasteiger partial charge in [-0.05, 0) is 37.4 Å². The average Bonchev–Trinajstić information content (AvgIpc) is 3.00. The van der Waals surface area contributed by atoms with Crippen molar-refractivity contribution < 1.29 is 0 Å². The molecule has 18 heavy (non-hydrogen) atoms. The van der Waals surface area contributed by atoms with Crippen molar-refractivity contribution in [1.29, 1.82) is 0 Å². The summed E-state index contributed by atoms with van der Waals surface area (Å²) in [6, 6.07) is 8.95. The van der Waals surface area contributed by atoms with E-state index >= 15 is 0 Å². The SMILES string of the molecule is CN(CC1CCCC1)CC1CSc2ccccc21. The van der Waals surface area contributed by atoms with Crippen LogP contribution < -0.4 is 0 Å². The Kier molecular flexibility index (Phi) is 3.95. The summed E-state index contributed by atoms with van der Waals surface area (Å²) in [5.74, 6) is 2.99. The van der Waals surface area contributed by atoms with E-state index in [1.807, 2.05) is 11.8 Å². The third-order valence-corrected chi connectivity index (χ3v) is 5.63. The minimum Gasteiger partial charge on any atom is -0.305 e. The van der Waals surface area contributed by atoms with Crippen LogP contribution in [0.3, 0.4) is 0 Å². The van der Waals surface area contributed by atoms with Gasteiger partial charge in [-0.15, -0.1) is 11.8 Å². The Balaban J connectivity index is 1.57. The van der Waals surface area contributed by atoms with E-state index in [2.05, 4.69) is 36.2 Å². The number of likely N-dealkylation sites (N-methyl/N-ethyl adjacent to an activating group) is 1. The normalized spacial score (nSPS) is 23.8. The zero-order valence-electron chi connectivity index (χ0n) is 11.3. The molecule has 1 saturated carbocycles. The summed E-state index contributed by atoms with van der Waals surface area (Å²) in [7, 11) is 2.31. The highest BCUT2D eigenvalue weighted by Gasteiger charge is 2.25. The highest BCUT2D eigenvalue weighted by molar-refractivity contribution is 7.99. The van der Waals surface area contributed by atoms with Crippen molar-refractivity contribution in [3.63, 3.8) is 0 Å². The first kappa shape index (κ1) is 12.6. The first-order valence-electron chi connectivity index (χ1n) is 7.23. The van der Waals surface area contributed by atoms with Gasteiger partial charge in [0.25, 0.3) is 0 Å². The van der Waals surface area contributed by atoms with E-state index in [1.54, 1.807) is 5.56 Å². The Bertz CT molecular complexity index is 398. The summed E-state index contributed by atoms with van der Waals surface area (Å²) >= 11 is 2.03. The van der Waals surface area contributed by atoms with Gasteiger partial charge in [0, 0.05) is 29.7 Å². The van der Waals surface area contributed by atoms with Gasteiger partial charge < -0.3 is 4.90 Å². The molecule has 1 aliphatic carbocycles. The van der Waals surface area contributed by atoms with Gasteiger partial charge in [0.1, 0.15) is 0 Å². The second-order valence-corrected chi connectivity index (χ2v) is 6.98. The van der Waals surface area contributed by atoms with Crippen LogP contribution >= 0.6 is 11.8 Å². The summed E-state index contributed by atoms with van der Waals surface area (Å²) in [5.41, 5.74) is 1.58. The molecule has 2 heteroatoms. The average molecular weight is 261 g/mol. The Morgan fingerprint density at radius 3 is 2.78 bits per heavy atom. The molecule has 0 radical (unpaired) electrons. The number of hydrogen-bond donors (Lipinski definition) is 0. The van der Waals surface area contributed by atoms with Crippen LogP contribution in [0.25, 0.3) is 0 Å². The topological polar surface area (TPSA) is 3.24 Å². The van der Waals surface area contributed by atoms with Crippen molar-refractivity contribution in [3.05, 3.63) is 29.8 Å². The van der Waals surface area contributed by atoms with Gasteiger partial charge in [0.15, 0.2) is 0 Å². The van der Waals surface area contributed by atoms with E-state index in [4.69, 9.17) is 0 Å². The summed E-state index contributed by atoms with van der Waals surface area (Å²) in [5, 5.41) is 0. The van der Waals surface area contributed by atoms with E-state index in [9.17, 15) is 0 Å². The van der Waals surface area contributed by atoms with Crippen molar-refractivity contribution in [2.45, 2.75) is 36.5 Å². The lowest BCUT2D eigenvalue weighted by Gasteiger charge is -2.24. The molecule has 1 aromatic rings. The second-order valence-electron chi connectivity index (χ2n) is 5.92. The van der Waals surface area contributed by atoms with Crippen LogP contribution in [0.15, 0.2) is 29.2 Å². The third-order valence-electron chi connectivity index (χ3n) is 4.38.